The maximum atomic E-state index is 13.2. The molecule has 1 amide bonds. The standard InChI is InChI=1S/C15H18F5N3O2/c16-14(17)25-11-3-1-2-10(8-11)13(24)22-9-12(15(18,19)20)23-6-4-21-5-7-23/h1-3,8,12,14,21H,4-7,9H2,(H,22,24). The molecule has 0 radical (unpaired) electrons. The van der Waals surface area contributed by atoms with Crippen molar-refractivity contribution in [3.8, 4) is 5.75 Å². The molecule has 1 aromatic carbocycles. The monoisotopic (exact) mass is 367 g/mol. The predicted octanol–water partition coefficient (Wildman–Crippen LogP) is 1.85. The molecule has 0 bridgehead atoms. The summed E-state index contributed by atoms with van der Waals surface area (Å²) < 4.78 is 68.3. The third kappa shape index (κ3) is 5.82. The molecule has 1 aromatic rings. The van der Waals surface area contributed by atoms with E-state index >= 15 is 0 Å². The van der Waals surface area contributed by atoms with Gasteiger partial charge in [-0.05, 0) is 18.2 Å². The maximum absolute atomic E-state index is 13.2. The molecule has 2 N–H and O–H groups in total. The summed E-state index contributed by atoms with van der Waals surface area (Å²) in [6, 6.07) is 3.08. The number of rotatable bonds is 6. The van der Waals surface area contributed by atoms with E-state index < -0.39 is 31.3 Å². The molecule has 1 saturated heterocycles. The second-order valence-corrected chi connectivity index (χ2v) is 5.46. The number of carbonyl (C=O) groups excluding carboxylic acids is 1. The number of piperazine rings is 1. The molecule has 10 heteroatoms. The first-order valence-electron chi connectivity index (χ1n) is 7.62. The lowest BCUT2D eigenvalue weighted by atomic mass is 10.1. The van der Waals surface area contributed by atoms with Gasteiger partial charge in [0.1, 0.15) is 11.8 Å². The van der Waals surface area contributed by atoms with Gasteiger partial charge < -0.3 is 15.4 Å². The van der Waals surface area contributed by atoms with Crippen LogP contribution < -0.4 is 15.4 Å². The Kier molecular flexibility index (Phi) is 6.54. The quantitative estimate of drug-likeness (QED) is 0.754. The predicted molar refractivity (Wildman–Crippen MR) is 79.7 cm³/mol. The zero-order valence-electron chi connectivity index (χ0n) is 13.2. The minimum Gasteiger partial charge on any atom is -0.435 e. The SMILES string of the molecule is O=C(NCC(N1CCNCC1)C(F)(F)F)c1cccc(OC(F)F)c1. The van der Waals surface area contributed by atoms with Gasteiger partial charge in [0.25, 0.3) is 5.91 Å². The van der Waals surface area contributed by atoms with E-state index in [-0.39, 0.29) is 24.4 Å². The number of nitrogens with zero attached hydrogens (tertiary/aromatic N) is 1. The Morgan fingerprint density at radius 1 is 1.28 bits per heavy atom. The highest BCUT2D eigenvalue weighted by Crippen LogP contribution is 2.25. The summed E-state index contributed by atoms with van der Waals surface area (Å²) in [4.78, 5) is 13.3. The Hall–Kier alpha value is -1.94. The van der Waals surface area contributed by atoms with Crippen molar-refractivity contribution in [2.75, 3.05) is 32.7 Å². The molecule has 1 aliphatic heterocycles. The van der Waals surface area contributed by atoms with E-state index in [0.717, 1.165) is 6.07 Å². The summed E-state index contributed by atoms with van der Waals surface area (Å²) >= 11 is 0. The van der Waals surface area contributed by atoms with E-state index in [2.05, 4.69) is 15.4 Å². The number of hydrogen-bond donors (Lipinski definition) is 2. The fourth-order valence-corrected chi connectivity index (χ4v) is 2.55. The maximum Gasteiger partial charge on any atom is 0.405 e. The second kappa shape index (κ2) is 8.43. The molecule has 0 aliphatic carbocycles. The van der Waals surface area contributed by atoms with Crippen molar-refractivity contribution < 1.29 is 31.5 Å². The van der Waals surface area contributed by atoms with E-state index in [0.29, 0.717) is 13.1 Å². The number of nitrogens with one attached hydrogen (secondary N) is 2. The third-order valence-corrected chi connectivity index (χ3v) is 3.75. The van der Waals surface area contributed by atoms with Gasteiger partial charge in [0.05, 0.1) is 0 Å². The van der Waals surface area contributed by atoms with Gasteiger partial charge in [-0.25, -0.2) is 0 Å². The first-order valence-corrected chi connectivity index (χ1v) is 7.62. The summed E-state index contributed by atoms with van der Waals surface area (Å²) in [7, 11) is 0. The van der Waals surface area contributed by atoms with Crippen LogP contribution in [0.4, 0.5) is 22.0 Å². The number of amides is 1. The van der Waals surface area contributed by atoms with Crippen molar-refractivity contribution in [3.05, 3.63) is 29.8 Å². The van der Waals surface area contributed by atoms with Gasteiger partial charge in [-0.1, -0.05) is 6.07 Å². The van der Waals surface area contributed by atoms with Crippen molar-refractivity contribution in [1.29, 1.82) is 0 Å². The molecular weight excluding hydrogens is 349 g/mol. The van der Waals surface area contributed by atoms with Gasteiger partial charge in [0, 0.05) is 38.3 Å². The summed E-state index contributed by atoms with van der Waals surface area (Å²) in [5.74, 6) is -1.03. The first kappa shape index (κ1) is 19.4. The fraction of sp³-hybridized carbons (Fsp3) is 0.533. The van der Waals surface area contributed by atoms with Crippen LogP contribution in [-0.2, 0) is 0 Å². The molecule has 1 aliphatic rings. The molecular formula is C15H18F5N3O2. The van der Waals surface area contributed by atoms with Crippen LogP contribution in [0, 0.1) is 0 Å². The van der Waals surface area contributed by atoms with E-state index in [4.69, 9.17) is 0 Å². The van der Waals surface area contributed by atoms with Crippen LogP contribution in [-0.4, -0.2) is 62.4 Å². The number of ether oxygens (including phenoxy) is 1. The van der Waals surface area contributed by atoms with Crippen LogP contribution in [0.15, 0.2) is 24.3 Å². The first-order chi connectivity index (χ1) is 11.8. The van der Waals surface area contributed by atoms with Crippen LogP contribution in [0.5, 0.6) is 5.75 Å². The van der Waals surface area contributed by atoms with Crippen LogP contribution in [0.2, 0.25) is 0 Å². The van der Waals surface area contributed by atoms with Crippen LogP contribution in [0.1, 0.15) is 10.4 Å². The molecule has 0 spiro atoms. The minimum absolute atomic E-state index is 0.0561. The number of hydrogen-bond acceptors (Lipinski definition) is 4. The Balaban J connectivity index is 2.00. The molecule has 0 aromatic heterocycles. The molecule has 2 rings (SSSR count). The largest absolute Gasteiger partial charge is 0.435 e. The molecule has 1 atom stereocenters. The molecule has 1 fully saturated rings. The summed E-state index contributed by atoms with van der Waals surface area (Å²) in [5.41, 5.74) is -0.0561. The lowest BCUT2D eigenvalue weighted by Crippen LogP contribution is -2.57. The number of alkyl halides is 5. The van der Waals surface area contributed by atoms with Gasteiger partial charge >= 0.3 is 12.8 Å². The van der Waals surface area contributed by atoms with Gasteiger partial charge in [0.15, 0.2) is 0 Å². The van der Waals surface area contributed by atoms with E-state index in [1.165, 1.54) is 23.1 Å². The summed E-state index contributed by atoms with van der Waals surface area (Å²) in [5, 5.41) is 5.18. The van der Waals surface area contributed by atoms with Crippen molar-refractivity contribution in [2.45, 2.75) is 18.8 Å². The van der Waals surface area contributed by atoms with Crippen LogP contribution in [0.25, 0.3) is 0 Å². The lowest BCUT2D eigenvalue weighted by Gasteiger charge is -2.35. The van der Waals surface area contributed by atoms with Crippen molar-refractivity contribution in [1.82, 2.24) is 15.5 Å². The average molecular weight is 367 g/mol. The fourth-order valence-electron chi connectivity index (χ4n) is 2.55. The van der Waals surface area contributed by atoms with E-state index in [9.17, 15) is 26.7 Å². The Labute approximate surface area is 141 Å². The number of halogens is 5. The molecule has 1 unspecified atom stereocenters. The second-order valence-electron chi connectivity index (χ2n) is 5.46. The molecule has 5 nitrogen and oxygen atoms in total. The number of carbonyl (C=O) groups is 1. The third-order valence-electron chi connectivity index (χ3n) is 3.75. The Morgan fingerprint density at radius 2 is 1.96 bits per heavy atom. The zero-order chi connectivity index (χ0) is 18.4. The van der Waals surface area contributed by atoms with E-state index in [1.807, 2.05) is 0 Å². The van der Waals surface area contributed by atoms with Crippen LogP contribution >= 0.6 is 0 Å². The topological polar surface area (TPSA) is 53.6 Å². The van der Waals surface area contributed by atoms with Crippen molar-refractivity contribution >= 4 is 5.91 Å². The van der Waals surface area contributed by atoms with Crippen molar-refractivity contribution in [3.63, 3.8) is 0 Å². The van der Waals surface area contributed by atoms with Gasteiger partial charge in [-0.2, -0.15) is 22.0 Å². The molecule has 25 heavy (non-hydrogen) atoms. The zero-order valence-corrected chi connectivity index (χ0v) is 13.2. The molecule has 140 valence electrons. The van der Waals surface area contributed by atoms with Gasteiger partial charge in [-0.15, -0.1) is 0 Å². The van der Waals surface area contributed by atoms with Gasteiger partial charge in [0.2, 0.25) is 0 Å². The summed E-state index contributed by atoms with van der Waals surface area (Å²) in [6.45, 7) is -2.36. The van der Waals surface area contributed by atoms with Crippen molar-refractivity contribution in [2.24, 2.45) is 0 Å². The number of benzene rings is 1. The highest BCUT2D eigenvalue weighted by Gasteiger charge is 2.43. The normalized spacial score (nSPS) is 17.4. The molecule has 1 heterocycles. The molecule has 0 saturated carbocycles. The van der Waals surface area contributed by atoms with Gasteiger partial charge in [-0.3, -0.25) is 9.69 Å². The lowest BCUT2D eigenvalue weighted by molar-refractivity contribution is -0.183. The Bertz CT molecular complexity index is 577. The van der Waals surface area contributed by atoms with Crippen LogP contribution in [0.3, 0.4) is 0 Å². The average Bonchev–Trinajstić information content (AvgIpc) is 2.54. The Morgan fingerprint density at radius 3 is 2.56 bits per heavy atom. The summed E-state index contributed by atoms with van der Waals surface area (Å²) in [6.07, 6.45) is -4.49. The highest BCUT2D eigenvalue weighted by atomic mass is 19.4. The smallest absolute Gasteiger partial charge is 0.405 e. The van der Waals surface area contributed by atoms with E-state index in [1.54, 1.807) is 0 Å². The highest BCUT2D eigenvalue weighted by molar-refractivity contribution is 5.94. The minimum atomic E-state index is -4.49.